The zero-order valence-corrected chi connectivity index (χ0v) is 19.4. The molecular formula is C23H17Cl4N3O. The summed E-state index contributed by atoms with van der Waals surface area (Å²) < 4.78 is 0. The van der Waals surface area contributed by atoms with Crippen molar-refractivity contribution in [2.24, 2.45) is 5.10 Å². The number of amides is 2. The number of carbonyl (C=O) groups excluding carboxylic acids is 1. The molecule has 1 aliphatic heterocycles. The van der Waals surface area contributed by atoms with Crippen LogP contribution in [0, 0.1) is 0 Å². The Hall–Kier alpha value is -2.24. The quantitative estimate of drug-likeness (QED) is 0.403. The number of nitrogens with one attached hydrogen (secondary N) is 1. The van der Waals surface area contributed by atoms with E-state index in [9.17, 15) is 4.79 Å². The molecule has 0 aromatic heterocycles. The zero-order chi connectivity index (χ0) is 22.2. The van der Waals surface area contributed by atoms with Crippen LogP contribution in [0.3, 0.4) is 0 Å². The fourth-order valence-corrected chi connectivity index (χ4v) is 4.17. The van der Waals surface area contributed by atoms with Gasteiger partial charge in [0.15, 0.2) is 0 Å². The lowest BCUT2D eigenvalue weighted by Gasteiger charge is -2.27. The van der Waals surface area contributed by atoms with E-state index in [2.05, 4.69) is 17.3 Å². The molecule has 31 heavy (non-hydrogen) atoms. The van der Waals surface area contributed by atoms with Crippen LogP contribution < -0.4 is 5.32 Å². The van der Waals surface area contributed by atoms with E-state index in [1.165, 1.54) is 5.01 Å². The Morgan fingerprint density at radius 1 is 0.903 bits per heavy atom. The van der Waals surface area contributed by atoms with E-state index in [1.807, 2.05) is 36.4 Å². The number of hydrogen-bond donors (Lipinski definition) is 1. The predicted molar refractivity (Wildman–Crippen MR) is 129 cm³/mol. The summed E-state index contributed by atoms with van der Waals surface area (Å²) in [4.78, 5) is 13.0. The summed E-state index contributed by atoms with van der Waals surface area (Å²) in [6.07, 6.45) is 0. The average Bonchev–Trinajstić information content (AvgIpc) is 3.12. The van der Waals surface area contributed by atoms with Gasteiger partial charge >= 0.3 is 6.03 Å². The van der Waals surface area contributed by atoms with Crippen molar-refractivity contribution in [2.75, 3.05) is 11.9 Å². The van der Waals surface area contributed by atoms with E-state index in [-0.39, 0.29) is 6.03 Å². The van der Waals surface area contributed by atoms with Crippen molar-refractivity contribution in [3.05, 3.63) is 97.9 Å². The van der Waals surface area contributed by atoms with Crippen molar-refractivity contribution in [3.8, 4) is 0 Å². The molecular weight excluding hydrogens is 476 g/mol. The van der Waals surface area contributed by atoms with Gasteiger partial charge in [-0.1, -0.05) is 82.8 Å². The second-order valence-corrected chi connectivity index (χ2v) is 9.02. The maximum Gasteiger partial charge on any atom is 0.342 e. The normalized spacial score (nSPS) is 18.1. The van der Waals surface area contributed by atoms with Crippen molar-refractivity contribution in [2.45, 2.75) is 12.3 Å². The van der Waals surface area contributed by atoms with Crippen molar-refractivity contribution in [1.82, 2.24) is 5.01 Å². The third kappa shape index (κ3) is 4.39. The van der Waals surface area contributed by atoms with Gasteiger partial charge in [-0.25, -0.2) is 9.80 Å². The highest BCUT2D eigenvalue weighted by atomic mass is 35.5. The Labute approximate surface area is 200 Å². The minimum Gasteiger partial charge on any atom is -0.306 e. The molecule has 4 rings (SSSR count). The van der Waals surface area contributed by atoms with E-state index in [0.29, 0.717) is 32.3 Å². The van der Waals surface area contributed by atoms with Crippen LogP contribution in [-0.4, -0.2) is 23.3 Å². The standard InChI is InChI=1S/C23H17Cl4N3O/c1-23(15-5-3-2-4-6-15)13-30(22(31)28-16-8-10-18(25)20(27)12-16)29-21(23)14-7-9-17(24)19(26)11-14/h2-12H,13H2,1H3,(H,28,31). The molecule has 3 aromatic carbocycles. The molecule has 8 heteroatoms. The van der Waals surface area contributed by atoms with E-state index >= 15 is 0 Å². The summed E-state index contributed by atoms with van der Waals surface area (Å²) in [5.41, 5.74) is 2.53. The molecule has 2 amide bonds. The lowest BCUT2D eigenvalue weighted by molar-refractivity contribution is 0.214. The second kappa shape index (κ2) is 8.71. The van der Waals surface area contributed by atoms with Gasteiger partial charge in [-0.05, 0) is 42.8 Å². The van der Waals surface area contributed by atoms with Crippen LogP contribution in [-0.2, 0) is 5.41 Å². The SMILES string of the molecule is CC1(c2ccccc2)CN(C(=O)Nc2ccc(Cl)c(Cl)c2)N=C1c1ccc(Cl)c(Cl)c1. The molecule has 3 aromatic rings. The molecule has 0 spiro atoms. The highest BCUT2D eigenvalue weighted by Gasteiger charge is 2.42. The number of carbonyl (C=O) groups is 1. The minimum atomic E-state index is -0.548. The van der Waals surface area contributed by atoms with Crippen LogP contribution in [0.25, 0.3) is 0 Å². The Bertz CT molecular complexity index is 1180. The third-order valence-corrected chi connectivity index (χ3v) is 6.70. The molecule has 158 valence electrons. The number of halogens is 4. The van der Waals surface area contributed by atoms with Crippen LogP contribution in [0.1, 0.15) is 18.1 Å². The third-order valence-electron chi connectivity index (χ3n) is 5.22. The minimum absolute atomic E-state index is 0.347. The molecule has 1 atom stereocenters. The average molecular weight is 493 g/mol. The number of urea groups is 1. The fraction of sp³-hybridized carbons (Fsp3) is 0.130. The van der Waals surface area contributed by atoms with Crippen LogP contribution in [0.5, 0.6) is 0 Å². The highest BCUT2D eigenvalue weighted by Crippen LogP contribution is 2.37. The van der Waals surface area contributed by atoms with Gasteiger partial charge in [-0.2, -0.15) is 5.10 Å². The van der Waals surface area contributed by atoms with Crippen LogP contribution in [0.4, 0.5) is 10.5 Å². The van der Waals surface area contributed by atoms with Gasteiger partial charge in [0.2, 0.25) is 0 Å². The molecule has 0 fully saturated rings. The highest BCUT2D eigenvalue weighted by molar-refractivity contribution is 6.42. The molecule has 4 nitrogen and oxygen atoms in total. The lowest BCUT2D eigenvalue weighted by Crippen LogP contribution is -2.38. The Morgan fingerprint density at radius 2 is 1.55 bits per heavy atom. The molecule has 1 aliphatic rings. The smallest absolute Gasteiger partial charge is 0.306 e. The predicted octanol–water partition coefficient (Wildman–Crippen LogP) is 7.51. The summed E-state index contributed by atoms with van der Waals surface area (Å²) >= 11 is 24.4. The Morgan fingerprint density at radius 3 is 2.19 bits per heavy atom. The fourth-order valence-electron chi connectivity index (χ4n) is 3.57. The molecule has 0 radical (unpaired) electrons. The van der Waals surface area contributed by atoms with Crippen molar-refractivity contribution in [1.29, 1.82) is 0 Å². The van der Waals surface area contributed by atoms with E-state index < -0.39 is 5.41 Å². The second-order valence-electron chi connectivity index (χ2n) is 7.39. The number of rotatable bonds is 3. The number of nitrogens with zero attached hydrogens (tertiary/aromatic N) is 2. The summed E-state index contributed by atoms with van der Waals surface area (Å²) in [5.74, 6) is 0. The summed E-state index contributed by atoms with van der Waals surface area (Å²) in [6, 6.07) is 19.8. The zero-order valence-electron chi connectivity index (χ0n) is 16.4. The molecule has 1 unspecified atom stereocenters. The van der Waals surface area contributed by atoms with Gasteiger partial charge in [0.05, 0.1) is 37.8 Å². The molecule has 0 aliphatic carbocycles. The Balaban J connectivity index is 1.71. The number of benzene rings is 3. The van der Waals surface area contributed by atoms with Gasteiger partial charge in [0.1, 0.15) is 0 Å². The monoisotopic (exact) mass is 491 g/mol. The van der Waals surface area contributed by atoms with Gasteiger partial charge in [-0.3, -0.25) is 0 Å². The van der Waals surface area contributed by atoms with E-state index in [1.54, 1.807) is 30.3 Å². The van der Waals surface area contributed by atoms with Gasteiger partial charge in [-0.15, -0.1) is 0 Å². The van der Waals surface area contributed by atoms with Crippen LogP contribution in [0.15, 0.2) is 71.8 Å². The molecule has 0 bridgehead atoms. The van der Waals surface area contributed by atoms with Gasteiger partial charge in [0, 0.05) is 11.3 Å². The molecule has 0 saturated carbocycles. The van der Waals surface area contributed by atoms with Crippen LogP contribution in [0.2, 0.25) is 20.1 Å². The number of hydrazone groups is 1. The topological polar surface area (TPSA) is 44.7 Å². The first-order valence-corrected chi connectivity index (χ1v) is 10.9. The summed E-state index contributed by atoms with van der Waals surface area (Å²) in [6.45, 7) is 2.40. The number of hydrogen-bond acceptors (Lipinski definition) is 2. The van der Waals surface area contributed by atoms with E-state index in [0.717, 1.165) is 16.8 Å². The maximum absolute atomic E-state index is 13.0. The largest absolute Gasteiger partial charge is 0.342 e. The molecule has 1 N–H and O–H groups in total. The number of anilines is 1. The first kappa shape index (κ1) is 22.0. The first-order valence-electron chi connectivity index (χ1n) is 9.41. The summed E-state index contributed by atoms with van der Waals surface area (Å²) in [7, 11) is 0. The maximum atomic E-state index is 13.0. The Kier molecular flexibility index (Phi) is 6.18. The van der Waals surface area contributed by atoms with Gasteiger partial charge < -0.3 is 5.32 Å². The lowest BCUT2D eigenvalue weighted by atomic mass is 9.76. The van der Waals surface area contributed by atoms with E-state index in [4.69, 9.17) is 46.4 Å². The molecule has 1 heterocycles. The van der Waals surface area contributed by atoms with Crippen molar-refractivity contribution >= 4 is 63.8 Å². The van der Waals surface area contributed by atoms with Crippen LogP contribution >= 0.6 is 46.4 Å². The molecule has 0 saturated heterocycles. The van der Waals surface area contributed by atoms with Crippen molar-refractivity contribution in [3.63, 3.8) is 0 Å². The summed E-state index contributed by atoms with van der Waals surface area (Å²) in [5, 5.41) is 10.6. The van der Waals surface area contributed by atoms with Gasteiger partial charge in [0.25, 0.3) is 0 Å². The first-order chi connectivity index (χ1) is 14.8. The van der Waals surface area contributed by atoms with Crippen molar-refractivity contribution < 1.29 is 4.79 Å².